The summed E-state index contributed by atoms with van der Waals surface area (Å²) in [5.41, 5.74) is 4.06. The molecule has 0 bridgehead atoms. The maximum absolute atomic E-state index is 4.93. The van der Waals surface area contributed by atoms with Crippen LogP contribution < -0.4 is 4.90 Å². The van der Waals surface area contributed by atoms with Crippen LogP contribution in [0.25, 0.3) is 22.4 Å². The summed E-state index contributed by atoms with van der Waals surface area (Å²) < 4.78 is 5.19. The minimum absolute atomic E-state index is 0.665. The molecule has 4 rings (SSSR count). The molecule has 150 valence electrons. The highest BCUT2D eigenvalue weighted by atomic mass is 79.9. The number of benzene rings is 1. The summed E-state index contributed by atoms with van der Waals surface area (Å²) in [6.07, 6.45) is 3.94. The number of hydrogen-bond acceptors (Lipinski definition) is 4. The Morgan fingerprint density at radius 1 is 1.03 bits per heavy atom. The Balaban J connectivity index is 1.78. The molecule has 0 unspecified atom stereocenters. The van der Waals surface area contributed by atoms with Crippen LogP contribution in [0.2, 0.25) is 0 Å². The maximum Gasteiger partial charge on any atom is 0.143 e. The van der Waals surface area contributed by atoms with Gasteiger partial charge in [0.25, 0.3) is 0 Å². The van der Waals surface area contributed by atoms with Crippen molar-refractivity contribution in [3.05, 3.63) is 59.0 Å². The number of halogens is 1. The van der Waals surface area contributed by atoms with Crippen molar-refractivity contribution in [2.24, 2.45) is 0 Å². The Bertz CT molecular complexity index is 1110. The molecule has 4 aromatic rings. The summed E-state index contributed by atoms with van der Waals surface area (Å²) in [6.45, 7) is 9.79. The molecule has 0 aliphatic heterocycles. The van der Waals surface area contributed by atoms with Gasteiger partial charge in [-0.1, -0.05) is 15.9 Å². The van der Waals surface area contributed by atoms with Crippen LogP contribution in [0.4, 0.5) is 5.82 Å². The average molecular weight is 453 g/mol. The van der Waals surface area contributed by atoms with Crippen molar-refractivity contribution in [3.63, 3.8) is 0 Å². The molecule has 6 nitrogen and oxygen atoms in total. The van der Waals surface area contributed by atoms with Crippen LogP contribution in [-0.4, -0.2) is 37.4 Å². The fraction of sp³-hybridized carbons (Fsp3) is 0.318. The molecule has 3 aromatic heterocycles. The maximum atomic E-state index is 4.93. The molecule has 0 aliphatic carbocycles. The molecule has 0 N–H and O–H groups in total. The van der Waals surface area contributed by atoms with Crippen LogP contribution in [0.3, 0.4) is 0 Å². The lowest BCUT2D eigenvalue weighted by molar-refractivity contribution is 0.639. The van der Waals surface area contributed by atoms with Crippen LogP contribution >= 0.6 is 15.9 Å². The summed E-state index contributed by atoms with van der Waals surface area (Å²) in [5.74, 6) is 1.90. The zero-order valence-electron chi connectivity index (χ0n) is 17.0. The fourth-order valence-electron chi connectivity index (χ4n) is 3.56. The predicted molar refractivity (Wildman–Crippen MR) is 121 cm³/mol. The van der Waals surface area contributed by atoms with Gasteiger partial charge in [-0.15, -0.1) is 0 Å². The number of imidazole rings is 1. The smallest absolute Gasteiger partial charge is 0.143 e. The topological polar surface area (TPSA) is 51.8 Å². The average Bonchev–Trinajstić information content (AvgIpc) is 3.34. The predicted octanol–water partition coefficient (Wildman–Crippen LogP) is 4.97. The number of nitrogens with zero attached hydrogens (tertiary/aromatic N) is 6. The first-order chi connectivity index (χ1) is 14.1. The van der Waals surface area contributed by atoms with Gasteiger partial charge in [0.05, 0.1) is 23.3 Å². The van der Waals surface area contributed by atoms with Crippen LogP contribution in [0.1, 0.15) is 26.5 Å². The number of aryl methyl sites for hydroxylation is 1. The highest BCUT2D eigenvalue weighted by molar-refractivity contribution is 9.10. The molecular formula is C22H25BrN6. The summed E-state index contributed by atoms with van der Waals surface area (Å²) in [5, 5.41) is 4.66. The first-order valence-corrected chi connectivity index (χ1v) is 10.8. The van der Waals surface area contributed by atoms with Gasteiger partial charge in [-0.3, -0.25) is 4.68 Å². The fourth-order valence-corrected chi connectivity index (χ4v) is 3.91. The second-order valence-electron chi connectivity index (χ2n) is 6.89. The van der Waals surface area contributed by atoms with Crippen molar-refractivity contribution in [1.82, 2.24) is 24.3 Å². The molecule has 0 saturated heterocycles. The van der Waals surface area contributed by atoms with Gasteiger partial charge in [0.2, 0.25) is 0 Å². The van der Waals surface area contributed by atoms with Crippen molar-refractivity contribution in [3.8, 4) is 11.4 Å². The standard InChI is InChI=1S/C22H25BrN6/c1-4-27(5-2)21-10-7-16(14-24-21)22-25-19-13-17(23)8-9-20(19)29(22)15-18-11-12-28(6-3)26-18/h7-14H,4-6,15H2,1-3H3. The Labute approximate surface area is 179 Å². The molecule has 0 aliphatic rings. The lowest BCUT2D eigenvalue weighted by atomic mass is 10.2. The van der Waals surface area contributed by atoms with Crippen molar-refractivity contribution in [2.45, 2.75) is 33.9 Å². The van der Waals surface area contributed by atoms with Crippen LogP contribution in [-0.2, 0) is 13.1 Å². The largest absolute Gasteiger partial charge is 0.357 e. The van der Waals surface area contributed by atoms with E-state index in [4.69, 9.17) is 9.97 Å². The molecule has 0 saturated carbocycles. The summed E-state index contributed by atoms with van der Waals surface area (Å²) in [7, 11) is 0. The highest BCUT2D eigenvalue weighted by Gasteiger charge is 2.15. The van der Waals surface area contributed by atoms with E-state index in [-0.39, 0.29) is 0 Å². The first-order valence-electron chi connectivity index (χ1n) is 10.0. The third-order valence-corrected chi connectivity index (χ3v) is 5.64. The van der Waals surface area contributed by atoms with Gasteiger partial charge in [0.1, 0.15) is 11.6 Å². The van der Waals surface area contributed by atoms with E-state index in [1.807, 2.05) is 17.1 Å². The number of hydrogen-bond donors (Lipinski definition) is 0. The Morgan fingerprint density at radius 3 is 2.52 bits per heavy atom. The molecule has 0 fully saturated rings. The van der Waals surface area contributed by atoms with Crippen molar-refractivity contribution < 1.29 is 0 Å². The third-order valence-electron chi connectivity index (χ3n) is 5.14. The normalized spacial score (nSPS) is 11.3. The summed E-state index contributed by atoms with van der Waals surface area (Å²) in [6, 6.07) is 12.5. The van der Waals surface area contributed by atoms with Gasteiger partial charge in [0.15, 0.2) is 0 Å². The molecular weight excluding hydrogens is 428 g/mol. The van der Waals surface area contributed by atoms with Gasteiger partial charge in [-0.25, -0.2) is 9.97 Å². The van der Waals surface area contributed by atoms with Gasteiger partial charge < -0.3 is 9.47 Å². The Hall–Kier alpha value is -2.67. The van der Waals surface area contributed by atoms with E-state index in [1.165, 1.54) is 0 Å². The molecule has 0 radical (unpaired) electrons. The first kappa shape index (κ1) is 19.6. The van der Waals surface area contributed by atoms with Gasteiger partial charge >= 0.3 is 0 Å². The lowest BCUT2D eigenvalue weighted by Gasteiger charge is -2.19. The summed E-state index contributed by atoms with van der Waals surface area (Å²) in [4.78, 5) is 11.9. The monoisotopic (exact) mass is 452 g/mol. The van der Waals surface area contributed by atoms with E-state index < -0.39 is 0 Å². The van der Waals surface area contributed by atoms with Crippen LogP contribution in [0.15, 0.2) is 53.3 Å². The van der Waals surface area contributed by atoms with Gasteiger partial charge in [-0.2, -0.15) is 5.10 Å². The molecule has 0 spiro atoms. The lowest BCUT2D eigenvalue weighted by Crippen LogP contribution is -2.22. The SMILES string of the molecule is CCN(CC)c1ccc(-c2nc3cc(Br)ccc3n2Cc2ccn(CC)n2)cn1. The van der Waals surface area contributed by atoms with E-state index in [0.29, 0.717) is 6.54 Å². The molecule has 7 heteroatoms. The van der Waals surface area contributed by atoms with E-state index >= 15 is 0 Å². The van der Waals surface area contributed by atoms with Crippen molar-refractivity contribution >= 4 is 32.8 Å². The highest BCUT2D eigenvalue weighted by Crippen LogP contribution is 2.28. The summed E-state index contributed by atoms with van der Waals surface area (Å²) >= 11 is 3.56. The molecule has 3 heterocycles. The number of aromatic nitrogens is 5. The third kappa shape index (κ3) is 3.92. The quantitative estimate of drug-likeness (QED) is 0.397. The van der Waals surface area contributed by atoms with E-state index in [0.717, 1.165) is 58.0 Å². The van der Waals surface area contributed by atoms with Gasteiger partial charge in [-0.05, 0) is 57.2 Å². The van der Waals surface area contributed by atoms with Crippen molar-refractivity contribution in [1.29, 1.82) is 0 Å². The van der Waals surface area contributed by atoms with Crippen LogP contribution in [0, 0.1) is 0 Å². The molecule has 1 aromatic carbocycles. The second-order valence-corrected chi connectivity index (χ2v) is 7.81. The second kappa shape index (κ2) is 8.37. The number of fused-ring (bicyclic) bond motifs is 1. The Morgan fingerprint density at radius 2 is 1.86 bits per heavy atom. The van der Waals surface area contributed by atoms with Crippen LogP contribution in [0.5, 0.6) is 0 Å². The molecule has 0 amide bonds. The molecule has 0 atom stereocenters. The van der Waals surface area contributed by atoms with E-state index in [2.05, 4.69) is 87.7 Å². The number of anilines is 1. The van der Waals surface area contributed by atoms with E-state index in [1.54, 1.807) is 0 Å². The minimum atomic E-state index is 0.665. The number of pyridine rings is 1. The minimum Gasteiger partial charge on any atom is -0.357 e. The number of rotatable bonds is 7. The molecule has 29 heavy (non-hydrogen) atoms. The Kier molecular flexibility index (Phi) is 5.67. The zero-order chi connectivity index (χ0) is 20.4. The van der Waals surface area contributed by atoms with E-state index in [9.17, 15) is 0 Å². The van der Waals surface area contributed by atoms with Crippen molar-refractivity contribution in [2.75, 3.05) is 18.0 Å². The van der Waals surface area contributed by atoms with Gasteiger partial charge in [0, 0.05) is 42.1 Å². The zero-order valence-corrected chi connectivity index (χ0v) is 18.6.